The fourth-order valence-corrected chi connectivity index (χ4v) is 0. The van der Waals surface area contributed by atoms with Crippen LogP contribution in [0.5, 0.6) is 0 Å². The Bertz CT molecular complexity index is 11.0. The third-order valence-electron chi connectivity index (χ3n) is 0. The zero-order chi connectivity index (χ0) is 0. The quantitative estimate of drug-likeness (QED) is 0.168. The first-order valence-electron chi connectivity index (χ1n) is 0. The summed E-state index contributed by atoms with van der Waals surface area (Å²) in [6.45, 7) is 0. The Morgan fingerprint density at radius 3 is 0.333 bits per heavy atom. The molecule has 0 atom stereocenters. The maximum Gasteiger partial charge on any atom is 2.00 e. The van der Waals surface area contributed by atoms with Gasteiger partial charge < -0.3 is 84.9 Å². The summed E-state index contributed by atoms with van der Waals surface area (Å²) in [5.41, 5.74) is 0. The molecule has 0 unspecified atom stereocenters. The summed E-state index contributed by atoms with van der Waals surface area (Å²) in [5.74, 6) is 0. The molecule has 0 aliphatic rings. The van der Waals surface area contributed by atoms with Crippen LogP contribution in [0.1, 0.15) is 0 Å². The first kappa shape index (κ1) is 344. The summed E-state index contributed by atoms with van der Waals surface area (Å²) in [5, 5.41) is 0. The van der Waals surface area contributed by atoms with Gasteiger partial charge in [-0.3, -0.25) is 0 Å². The van der Waals surface area contributed by atoms with Gasteiger partial charge in [-0.2, -0.15) is 0 Å². The smallest absolute Gasteiger partial charge is 1.00 e. The van der Waals surface area contributed by atoms with Gasteiger partial charge in [0.05, 0.1) is 0 Å². The molecule has 9 heteroatoms. The molecule has 9 heavy (non-hydrogen) atoms. The molecule has 6 nitrogen and oxygen atoms in total. The molecule has 0 aliphatic carbocycles. The van der Waals surface area contributed by atoms with Crippen LogP contribution in [0.25, 0.3) is 0 Å². The van der Waals surface area contributed by atoms with Crippen molar-refractivity contribution in [1.29, 1.82) is 0 Å². The van der Waals surface area contributed by atoms with Crippen molar-refractivity contribution in [2.75, 3.05) is 0 Å². The van der Waals surface area contributed by atoms with E-state index >= 15 is 0 Å². The fourth-order valence-electron chi connectivity index (χ4n) is 0. The average molecular weight is 415 g/mol. The maximum absolute atomic E-state index is 0. The summed E-state index contributed by atoms with van der Waals surface area (Å²) in [6, 6.07) is 0. The van der Waals surface area contributed by atoms with Crippen molar-refractivity contribution in [3.8, 4) is 0 Å². The van der Waals surface area contributed by atoms with Gasteiger partial charge in [0.1, 0.15) is 0 Å². The molecule has 0 saturated heterocycles. The molecule has 0 radical (unpaired) electrons. The Kier molecular flexibility index (Phi) is 9610. The van der Waals surface area contributed by atoms with Crippen LogP contribution in [-0.2, 0) is 16.5 Å². The molecule has 0 fully saturated rings. The third-order valence-corrected chi connectivity index (χ3v) is 0. The predicted octanol–water partition coefficient (Wildman–Crippen LogP) is -5.02. The molecule has 0 heterocycles. The Morgan fingerprint density at radius 1 is 0.333 bits per heavy atom. The monoisotopic (exact) mass is 414 g/mol. The average Bonchev–Trinajstić information content (AvgIpc) is 0. The van der Waals surface area contributed by atoms with Gasteiger partial charge in [-0.15, -0.1) is 0 Å². The van der Waals surface area contributed by atoms with Gasteiger partial charge in [-0.05, 0) is 0 Å². The maximum atomic E-state index is 0. The van der Waals surface area contributed by atoms with Gasteiger partial charge in [0, 0.05) is 0 Å². The van der Waals surface area contributed by atoms with E-state index in [1.807, 2.05) is 0 Å². The van der Waals surface area contributed by atoms with E-state index in [9.17, 15) is 0 Å². The van der Waals surface area contributed by atoms with Crippen molar-refractivity contribution in [1.82, 2.24) is 36.9 Å². The van der Waals surface area contributed by atoms with Crippen LogP contribution in [-0.4, -0.2) is 0 Å². The van der Waals surface area contributed by atoms with Crippen LogP contribution < -0.4 is 84.9 Å². The molecule has 72 valence electrons. The largest absolute Gasteiger partial charge is 2.00 e. The van der Waals surface area contributed by atoms with E-state index in [4.69, 9.17) is 0 Å². The van der Waals surface area contributed by atoms with E-state index in [2.05, 4.69) is 0 Å². The summed E-state index contributed by atoms with van der Waals surface area (Å²) in [7, 11) is 0. The van der Waals surface area contributed by atoms with Gasteiger partial charge in [-0.1, -0.05) is 0 Å². The molecule has 0 aromatic carbocycles. The molecule has 0 aliphatic heterocycles. The van der Waals surface area contributed by atoms with E-state index in [-0.39, 0.29) is 101 Å². The van der Waals surface area contributed by atoms with Gasteiger partial charge in [-0.25, -0.2) is 0 Å². The second-order valence-electron chi connectivity index (χ2n) is 0. The van der Waals surface area contributed by atoms with Crippen LogP contribution in [0.3, 0.4) is 0 Å². The predicted molar refractivity (Wildman–Crippen MR) is 30.1 cm³/mol. The molecule has 0 bridgehead atoms. The molecule has 0 spiro atoms. The van der Waals surface area contributed by atoms with Crippen LogP contribution >= 0.6 is 0 Å². The van der Waals surface area contributed by atoms with Crippen molar-refractivity contribution >= 4 is 0 Å². The molecule has 0 rings (SSSR count). The standard InChI is InChI=1S/2HI.6H3N.Ni/h2*1H;6*1H3;/q;;;;;;;;+2/p-2. The van der Waals surface area contributed by atoms with Crippen LogP contribution in [0.2, 0.25) is 0 Å². The number of hydrogen-bond acceptors (Lipinski definition) is 6. The van der Waals surface area contributed by atoms with E-state index < -0.39 is 0 Å². The molecule has 0 saturated carbocycles. The summed E-state index contributed by atoms with van der Waals surface area (Å²) in [4.78, 5) is 0. The van der Waals surface area contributed by atoms with Crippen molar-refractivity contribution in [3.63, 3.8) is 0 Å². The van der Waals surface area contributed by atoms with Gasteiger partial charge in [0.15, 0.2) is 0 Å². The minimum atomic E-state index is 0. The summed E-state index contributed by atoms with van der Waals surface area (Å²) >= 11 is 0. The van der Waals surface area contributed by atoms with Crippen molar-refractivity contribution in [2.45, 2.75) is 0 Å². The Morgan fingerprint density at radius 2 is 0.333 bits per heavy atom. The molecule has 0 aromatic rings. The topological polar surface area (TPSA) is 210 Å². The van der Waals surface area contributed by atoms with E-state index in [0.29, 0.717) is 0 Å². The zero-order valence-corrected chi connectivity index (χ0v) is 10.6. The van der Waals surface area contributed by atoms with E-state index in [1.54, 1.807) is 0 Å². The number of halogens is 2. The second-order valence-corrected chi connectivity index (χ2v) is 0. The summed E-state index contributed by atoms with van der Waals surface area (Å²) in [6.07, 6.45) is 0. The first-order valence-corrected chi connectivity index (χ1v) is 0. The Labute approximate surface area is 101 Å². The second kappa shape index (κ2) is 251. The zero-order valence-electron chi connectivity index (χ0n) is 5.31. The normalized spacial score (nSPS) is 0. The minimum absolute atomic E-state index is 0. The van der Waals surface area contributed by atoms with Gasteiger partial charge in [0.2, 0.25) is 0 Å². The molecular weight excluding hydrogens is 397 g/mol. The van der Waals surface area contributed by atoms with Gasteiger partial charge in [0.25, 0.3) is 0 Å². The fraction of sp³-hybridized carbons (Fsp3) is 0. The van der Waals surface area contributed by atoms with Crippen LogP contribution in [0, 0.1) is 0 Å². The Hall–Kier alpha value is 1.71. The molecule has 18 N–H and O–H groups in total. The SMILES string of the molecule is N.N.N.N.N.N.[I-].[I-].[Ni+2]. The minimum Gasteiger partial charge on any atom is -1.00 e. The van der Waals surface area contributed by atoms with Crippen molar-refractivity contribution in [3.05, 3.63) is 0 Å². The molecule has 0 amide bonds. The van der Waals surface area contributed by atoms with E-state index in [1.165, 1.54) is 0 Å². The first-order chi connectivity index (χ1) is 0. The van der Waals surface area contributed by atoms with Crippen LogP contribution in [0.15, 0.2) is 0 Å². The third kappa shape index (κ3) is 197. The van der Waals surface area contributed by atoms with Gasteiger partial charge >= 0.3 is 16.5 Å². The number of rotatable bonds is 0. The summed E-state index contributed by atoms with van der Waals surface area (Å²) < 4.78 is 0. The van der Waals surface area contributed by atoms with Crippen molar-refractivity contribution in [2.24, 2.45) is 0 Å². The van der Waals surface area contributed by atoms with Crippen LogP contribution in [0.4, 0.5) is 0 Å². The number of hydrogen-bond donors (Lipinski definition) is 6. The molecular formula is H18I2N6Ni. The van der Waals surface area contributed by atoms with E-state index in [0.717, 1.165) is 0 Å². The molecule has 0 aromatic heterocycles. The Balaban J connectivity index is 0. The van der Waals surface area contributed by atoms with Crippen molar-refractivity contribution < 1.29 is 64.4 Å².